The number of carbonyl (C=O) groups excluding carboxylic acids is 1. The molecule has 3 rings (SSSR count). The second-order valence-corrected chi connectivity index (χ2v) is 8.60. The molecule has 1 aromatic heterocycles. The van der Waals surface area contributed by atoms with E-state index in [0.717, 1.165) is 11.3 Å². The Labute approximate surface area is 153 Å². The van der Waals surface area contributed by atoms with E-state index >= 15 is 0 Å². The molecule has 1 fully saturated rings. The average Bonchev–Trinajstić information content (AvgIpc) is 3.16. The first-order chi connectivity index (χ1) is 12.3. The van der Waals surface area contributed by atoms with Crippen molar-refractivity contribution in [2.24, 2.45) is 5.92 Å². The molecule has 0 saturated carbocycles. The molecule has 2 unspecified atom stereocenters. The van der Waals surface area contributed by atoms with Crippen molar-refractivity contribution in [2.45, 2.75) is 25.8 Å². The van der Waals surface area contributed by atoms with E-state index in [1.165, 1.54) is 16.9 Å². The molecule has 1 aliphatic rings. The quantitative estimate of drug-likeness (QED) is 0.842. The predicted octanol–water partition coefficient (Wildman–Crippen LogP) is 1.12. The minimum Gasteiger partial charge on any atom is -0.349 e. The van der Waals surface area contributed by atoms with Gasteiger partial charge in [-0.05, 0) is 37.5 Å². The molecule has 2 atom stereocenters. The number of nitrogens with zero attached hydrogens (tertiary/aromatic N) is 4. The Hall–Kier alpha value is -2.26. The number of hydrogen-bond donors (Lipinski definition) is 1. The van der Waals surface area contributed by atoms with Crippen LogP contribution >= 0.6 is 0 Å². The van der Waals surface area contributed by atoms with Gasteiger partial charge in [-0.2, -0.15) is 5.10 Å². The standard InChI is InChI=1S/C17H23N5O3S/c1-13(14-5-7-16(8-6-14)22-12-18-11-19-22)20-17(23)15-4-3-9-21(10-15)26(2,24)25/h5-8,11-13,15H,3-4,9-10H2,1-2H3,(H,20,23). The first-order valence-electron chi connectivity index (χ1n) is 8.55. The van der Waals surface area contributed by atoms with E-state index in [2.05, 4.69) is 15.4 Å². The zero-order valence-corrected chi connectivity index (χ0v) is 15.7. The highest BCUT2D eigenvalue weighted by atomic mass is 32.2. The Morgan fingerprint density at radius 2 is 2.04 bits per heavy atom. The topological polar surface area (TPSA) is 97.2 Å². The van der Waals surface area contributed by atoms with Gasteiger partial charge in [0.2, 0.25) is 15.9 Å². The van der Waals surface area contributed by atoms with Gasteiger partial charge in [-0.25, -0.2) is 22.4 Å². The number of nitrogens with one attached hydrogen (secondary N) is 1. The van der Waals surface area contributed by atoms with Gasteiger partial charge in [0.15, 0.2) is 0 Å². The molecule has 1 amide bonds. The third-order valence-electron chi connectivity index (χ3n) is 4.66. The number of piperidine rings is 1. The van der Waals surface area contributed by atoms with Crippen LogP contribution < -0.4 is 5.32 Å². The van der Waals surface area contributed by atoms with Crippen LogP contribution in [0.15, 0.2) is 36.9 Å². The van der Waals surface area contributed by atoms with Gasteiger partial charge in [-0.15, -0.1) is 0 Å². The summed E-state index contributed by atoms with van der Waals surface area (Å²) in [5.41, 5.74) is 1.86. The maximum atomic E-state index is 12.6. The molecule has 9 heteroatoms. The minimum absolute atomic E-state index is 0.105. The summed E-state index contributed by atoms with van der Waals surface area (Å²) in [7, 11) is -3.26. The summed E-state index contributed by atoms with van der Waals surface area (Å²) in [4.78, 5) is 16.5. The molecule has 1 aliphatic heterocycles. The van der Waals surface area contributed by atoms with Crippen molar-refractivity contribution in [3.05, 3.63) is 42.5 Å². The van der Waals surface area contributed by atoms with Crippen LogP contribution in [-0.4, -0.2) is 52.7 Å². The highest BCUT2D eigenvalue weighted by molar-refractivity contribution is 7.88. The average molecular weight is 377 g/mol. The van der Waals surface area contributed by atoms with Crippen LogP contribution in [0.25, 0.3) is 5.69 Å². The second-order valence-electron chi connectivity index (χ2n) is 6.62. The molecule has 0 aliphatic carbocycles. The molecule has 1 N–H and O–H groups in total. The molecule has 1 saturated heterocycles. The van der Waals surface area contributed by atoms with Gasteiger partial charge in [0.25, 0.3) is 0 Å². The van der Waals surface area contributed by atoms with E-state index < -0.39 is 10.0 Å². The highest BCUT2D eigenvalue weighted by Gasteiger charge is 2.30. The van der Waals surface area contributed by atoms with E-state index in [4.69, 9.17) is 0 Å². The van der Waals surface area contributed by atoms with E-state index in [1.54, 1.807) is 11.0 Å². The third kappa shape index (κ3) is 4.28. The largest absolute Gasteiger partial charge is 0.349 e. The Morgan fingerprint density at radius 1 is 1.31 bits per heavy atom. The number of sulfonamides is 1. The lowest BCUT2D eigenvalue weighted by atomic mass is 9.98. The lowest BCUT2D eigenvalue weighted by Crippen LogP contribution is -2.45. The van der Waals surface area contributed by atoms with Crippen molar-refractivity contribution in [1.29, 1.82) is 0 Å². The van der Waals surface area contributed by atoms with Crippen LogP contribution in [0.1, 0.15) is 31.4 Å². The summed E-state index contributed by atoms with van der Waals surface area (Å²) < 4.78 is 26.5. The summed E-state index contributed by atoms with van der Waals surface area (Å²) in [5.74, 6) is -0.415. The SMILES string of the molecule is CC(NC(=O)C1CCCN(S(C)(=O)=O)C1)c1ccc(-n2cncn2)cc1. The molecule has 1 aromatic carbocycles. The van der Waals surface area contributed by atoms with Crippen LogP contribution in [0.5, 0.6) is 0 Å². The molecule has 26 heavy (non-hydrogen) atoms. The fraction of sp³-hybridized carbons (Fsp3) is 0.471. The van der Waals surface area contributed by atoms with Crippen molar-refractivity contribution in [3.8, 4) is 5.69 Å². The number of carbonyl (C=O) groups is 1. The highest BCUT2D eigenvalue weighted by Crippen LogP contribution is 2.21. The van der Waals surface area contributed by atoms with Crippen LogP contribution in [0.4, 0.5) is 0 Å². The lowest BCUT2D eigenvalue weighted by molar-refractivity contribution is -0.126. The summed E-state index contributed by atoms with van der Waals surface area (Å²) >= 11 is 0. The lowest BCUT2D eigenvalue weighted by Gasteiger charge is -2.30. The Bertz CT molecular complexity index is 849. The molecular formula is C17H23N5O3S. The van der Waals surface area contributed by atoms with Crippen molar-refractivity contribution in [1.82, 2.24) is 24.4 Å². The van der Waals surface area contributed by atoms with Crippen LogP contribution in [-0.2, 0) is 14.8 Å². The number of amides is 1. The number of rotatable bonds is 5. The van der Waals surface area contributed by atoms with Gasteiger partial charge in [-0.1, -0.05) is 12.1 Å². The Kier molecular flexibility index (Phi) is 5.38. The van der Waals surface area contributed by atoms with Crippen LogP contribution in [0.2, 0.25) is 0 Å². The molecule has 0 spiro atoms. The number of hydrogen-bond acceptors (Lipinski definition) is 5. The van der Waals surface area contributed by atoms with E-state index in [-0.39, 0.29) is 24.4 Å². The third-order valence-corrected chi connectivity index (χ3v) is 5.93. The number of benzene rings is 1. The van der Waals surface area contributed by atoms with Crippen molar-refractivity contribution in [3.63, 3.8) is 0 Å². The van der Waals surface area contributed by atoms with E-state index in [1.807, 2.05) is 31.2 Å². The summed E-state index contributed by atoms with van der Waals surface area (Å²) in [6, 6.07) is 7.54. The van der Waals surface area contributed by atoms with Gasteiger partial charge in [0, 0.05) is 13.1 Å². The van der Waals surface area contributed by atoms with Crippen molar-refractivity contribution >= 4 is 15.9 Å². The van der Waals surface area contributed by atoms with Gasteiger partial charge >= 0.3 is 0 Å². The Morgan fingerprint density at radius 3 is 2.65 bits per heavy atom. The molecule has 2 aromatic rings. The fourth-order valence-electron chi connectivity index (χ4n) is 3.13. The molecule has 0 radical (unpaired) electrons. The monoisotopic (exact) mass is 377 g/mol. The van der Waals surface area contributed by atoms with Gasteiger partial charge in [0.1, 0.15) is 12.7 Å². The normalized spacial score (nSPS) is 19.8. The molecular weight excluding hydrogens is 354 g/mol. The zero-order valence-electron chi connectivity index (χ0n) is 14.9. The maximum Gasteiger partial charge on any atom is 0.224 e. The van der Waals surface area contributed by atoms with Gasteiger partial charge in [-0.3, -0.25) is 4.79 Å². The molecule has 140 valence electrons. The summed E-state index contributed by atoms with van der Waals surface area (Å²) in [6.07, 6.45) is 5.69. The second kappa shape index (κ2) is 7.55. The van der Waals surface area contributed by atoms with Gasteiger partial charge in [0.05, 0.1) is 23.9 Å². The first kappa shape index (κ1) is 18.5. The Balaban J connectivity index is 1.62. The molecule has 8 nitrogen and oxygen atoms in total. The van der Waals surface area contributed by atoms with E-state index in [9.17, 15) is 13.2 Å². The van der Waals surface area contributed by atoms with Crippen molar-refractivity contribution < 1.29 is 13.2 Å². The maximum absolute atomic E-state index is 12.6. The van der Waals surface area contributed by atoms with E-state index in [0.29, 0.717) is 19.4 Å². The van der Waals surface area contributed by atoms with Crippen LogP contribution in [0, 0.1) is 5.92 Å². The summed E-state index contributed by atoms with van der Waals surface area (Å²) in [6.45, 7) is 2.66. The van der Waals surface area contributed by atoms with Crippen molar-refractivity contribution in [2.75, 3.05) is 19.3 Å². The molecule has 0 bridgehead atoms. The smallest absolute Gasteiger partial charge is 0.224 e. The number of aromatic nitrogens is 3. The zero-order chi connectivity index (χ0) is 18.7. The first-order valence-corrected chi connectivity index (χ1v) is 10.4. The van der Waals surface area contributed by atoms with Gasteiger partial charge < -0.3 is 5.32 Å². The van der Waals surface area contributed by atoms with Crippen LogP contribution in [0.3, 0.4) is 0 Å². The fourth-order valence-corrected chi connectivity index (χ4v) is 4.04. The summed E-state index contributed by atoms with van der Waals surface area (Å²) in [5, 5.41) is 7.08. The predicted molar refractivity (Wildman–Crippen MR) is 97.1 cm³/mol. The minimum atomic E-state index is -3.26. The molecule has 2 heterocycles.